The van der Waals surface area contributed by atoms with E-state index in [0.717, 1.165) is 36.0 Å². The van der Waals surface area contributed by atoms with Gasteiger partial charge < -0.3 is 14.8 Å². The lowest BCUT2D eigenvalue weighted by Crippen LogP contribution is -2.18. The van der Waals surface area contributed by atoms with Gasteiger partial charge >= 0.3 is 6.16 Å². The Hall–Kier alpha value is -3.13. The maximum absolute atomic E-state index is 12.1. The lowest BCUT2D eigenvalue weighted by molar-refractivity contribution is -0.114. The van der Waals surface area contributed by atoms with E-state index in [-0.39, 0.29) is 23.8 Å². The second-order valence-electron chi connectivity index (χ2n) is 6.95. The van der Waals surface area contributed by atoms with Crippen molar-refractivity contribution in [1.29, 1.82) is 0 Å². The normalized spacial score (nSPS) is 10.6. The van der Waals surface area contributed by atoms with Crippen molar-refractivity contribution in [2.45, 2.75) is 53.4 Å². The second kappa shape index (κ2) is 10.6. The molecule has 0 atom stereocenters. The molecule has 0 radical (unpaired) electrons. The molecule has 0 bridgehead atoms. The van der Waals surface area contributed by atoms with E-state index < -0.39 is 12.1 Å². The Bertz CT molecular complexity index is 909. The van der Waals surface area contributed by atoms with E-state index in [1.165, 1.54) is 13.0 Å². The Morgan fingerprint density at radius 3 is 2.47 bits per heavy atom. The summed E-state index contributed by atoms with van der Waals surface area (Å²) >= 11 is 0. The molecule has 30 heavy (non-hydrogen) atoms. The van der Waals surface area contributed by atoms with Crippen molar-refractivity contribution < 1.29 is 29.1 Å². The number of hydroxylamine groups is 1. The summed E-state index contributed by atoms with van der Waals surface area (Å²) in [7, 11) is 0. The van der Waals surface area contributed by atoms with Crippen LogP contribution >= 0.6 is 0 Å². The van der Waals surface area contributed by atoms with Gasteiger partial charge in [0.25, 0.3) is 5.91 Å². The Kier molecular flexibility index (Phi) is 8.17. The molecule has 0 unspecified atom stereocenters. The lowest BCUT2D eigenvalue weighted by Gasteiger charge is -2.09. The van der Waals surface area contributed by atoms with Gasteiger partial charge in [0.2, 0.25) is 5.91 Å². The van der Waals surface area contributed by atoms with Crippen molar-refractivity contribution in [3.8, 4) is 16.9 Å². The van der Waals surface area contributed by atoms with Gasteiger partial charge in [-0.3, -0.25) is 14.8 Å². The van der Waals surface area contributed by atoms with Crippen molar-refractivity contribution in [2.75, 3.05) is 11.9 Å². The van der Waals surface area contributed by atoms with Crippen LogP contribution in [0.3, 0.4) is 0 Å². The summed E-state index contributed by atoms with van der Waals surface area (Å²) in [5.41, 5.74) is 5.22. The summed E-state index contributed by atoms with van der Waals surface area (Å²) in [6, 6.07) is 4.80. The molecule has 2 aliphatic carbocycles. The predicted octanol–water partition coefficient (Wildman–Crippen LogP) is 4.45. The fraction of sp³-hybridized carbons (Fsp3) is 0.409. The number of anilines is 1. The second-order valence-corrected chi connectivity index (χ2v) is 6.95. The summed E-state index contributed by atoms with van der Waals surface area (Å²) in [5, 5.41) is 11.8. The van der Waals surface area contributed by atoms with E-state index in [0.29, 0.717) is 17.7 Å². The minimum Gasteiger partial charge on any atom is -0.434 e. The van der Waals surface area contributed by atoms with Gasteiger partial charge in [0.15, 0.2) is 5.75 Å². The highest BCUT2D eigenvalue weighted by Gasteiger charge is 2.28. The van der Waals surface area contributed by atoms with E-state index >= 15 is 0 Å². The maximum Gasteiger partial charge on any atom is 0.513 e. The fourth-order valence-corrected chi connectivity index (χ4v) is 3.46. The first-order chi connectivity index (χ1) is 14.3. The van der Waals surface area contributed by atoms with E-state index in [1.54, 1.807) is 24.5 Å². The van der Waals surface area contributed by atoms with Gasteiger partial charge in [0.05, 0.1) is 12.3 Å². The molecule has 2 amide bonds. The van der Waals surface area contributed by atoms with Crippen LogP contribution in [0, 0.1) is 6.92 Å². The van der Waals surface area contributed by atoms with Crippen molar-refractivity contribution in [2.24, 2.45) is 0 Å². The van der Waals surface area contributed by atoms with Gasteiger partial charge in [-0.1, -0.05) is 19.8 Å². The average Bonchev–Trinajstić information content (AvgIpc) is 2.85. The number of ether oxygens (including phenoxy) is 2. The minimum absolute atomic E-state index is 0.143. The third kappa shape index (κ3) is 5.27. The number of amides is 2. The van der Waals surface area contributed by atoms with Crippen LogP contribution in [0.4, 0.5) is 10.5 Å². The molecule has 0 heterocycles. The SMILES string of the molecule is CCCCCc1c(NC(C)=O)c(OC(=O)OCC)c2ccc(C(=O)NO)cc(C)c1-2. The number of carbonyl (C=O) groups is 3. The number of hydrogen-bond acceptors (Lipinski definition) is 6. The zero-order chi connectivity index (χ0) is 22.3. The molecule has 2 aliphatic rings. The molecule has 0 aromatic heterocycles. The highest BCUT2D eigenvalue weighted by Crippen LogP contribution is 2.48. The maximum atomic E-state index is 12.1. The van der Waals surface area contributed by atoms with Crippen LogP contribution in [0.1, 0.15) is 61.5 Å². The molecule has 8 nitrogen and oxygen atoms in total. The molecule has 0 spiro atoms. The fourth-order valence-electron chi connectivity index (χ4n) is 3.46. The average molecular weight is 416 g/mol. The Morgan fingerprint density at radius 2 is 1.87 bits per heavy atom. The first kappa shape index (κ1) is 23.2. The van der Waals surface area contributed by atoms with Crippen LogP contribution in [-0.4, -0.2) is 29.8 Å². The summed E-state index contributed by atoms with van der Waals surface area (Å²) in [4.78, 5) is 35.9. The molecular formula is C22H28N2O6. The van der Waals surface area contributed by atoms with Crippen LogP contribution in [0.2, 0.25) is 0 Å². The summed E-state index contributed by atoms with van der Waals surface area (Å²) in [5.74, 6) is -0.767. The van der Waals surface area contributed by atoms with Crippen LogP contribution in [0.5, 0.6) is 5.75 Å². The highest BCUT2D eigenvalue weighted by atomic mass is 16.7. The van der Waals surface area contributed by atoms with E-state index in [4.69, 9.17) is 14.7 Å². The molecule has 0 aromatic carbocycles. The van der Waals surface area contributed by atoms with Crippen LogP contribution in [0.25, 0.3) is 11.1 Å². The third-order valence-electron chi connectivity index (χ3n) is 4.68. The number of fused-ring (bicyclic) bond motifs is 1. The van der Waals surface area contributed by atoms with Gasteiger partial charge in [0.1, 0.15) is 0 Å². The quantitative estimate of drug-likeness (QED) is 0.254. The first-order valence-corrected chi connectivity index (χ1v) is 9.99. The van der Waals surface area contributed by atoms with Gasteiger partial charge in [-0.25, -0.2) is 10.3 Å². The molecular weight excluding hydrogens is 388 g/mol. The van der Waals surface area contributed by atoms with Gasteiger partial charge in [-0.15, -0.1) is 0 Å². The minimum atomic E-state index is -0.881. The number of rotatable bonds is 8. The molecule has 0 aliphatic heterocycles. The third-order valence-corrected chi connectivity index (χ3v) is 4.68. The number of carbonyl (C=O) groups excluding carboxylic acids is 3. The van der Waals surface area contributed by atoms with Crippen molar-refractivity contribution in [3.05, 3.63) is 34.9 Å². The zero-order valence-corrected chi connectivity index (χ0v) is 17.8. The zero-order valence-electron chi connectivity index (χ0n) is 17.8. The number of unbranched alkanes of at least 4 members (excludes halogenated alkanes) is 2. The predicted molar refractivity (Wildman–Crippen MR) is 112 cm³/mol. The summed E-state index contributed by atoms with van der Waals surface area (Å²) in [6.07, 6.45) is 2.67. The van der Waals surface area contributed by atoms with Crippen LogP contribution in [-0.2, 0) is 16.0 Å². The van der Waals surface area contributed by atoms with Crippen molar-refractivity contribution in [1.82, 2.24) is 5.48 Å². The van der Waals surface area contributed by atoms with Crippen LogP contribution in [0.15, 0.2) is 18.2 Å². The van der Waals surface area contributed by atoms with Gasteiger partial charge in [-0.05, 0) is 61.6 Å². The largest absolute Gasteiger partial charge is 0.513 e. The van der Waals surface area contributed by atoms with E-state index in [2.05, 4.69) is 12.2 Å². The Morgan fingerprint density at radius 1 is 1.13 bits per heavy atom. The molecule has 0 fully saturated rings. The molecule has 3 N–H and O–H groups in total. The van der Waals surface area contributed by atoms with Gasteiger partial charge in [-0.2, -0.15) is 0 Å². The summed E-state index contributed by atoms with van der Waals surface area (Å²) < 4.78 is 10.4. The number of nitrogens with one attached hydrogen (secondary N) is 2. The van der Waals surface area contributed by atoms with Gasteiger partial charge in [0, 0.05) is 18.1 Å². The standard InChI is InChI=1S/C22H28N2O6/c1-5-7-8-9-16-18-13(3)12-15(21(26)24-28)10-11-17(18)20(19(16)23-14(4)25)30-22(27)29-6-2/h10-12,28H,5-9H2,1-4H3,(H,23,25)(H,24,26). The van der Waals surface area contributed by atoms with Crippen molar-refractivity contribution >= 4 is 23.7 Å². The van der Waals surface area contributed by atoms with E-state index in [9.17, 15) is 14.4 Å². The molecule has 162 valence electrons. The molecule has 0 saturated heterocycles. The van der Waals surface area contributed by atoms with E-state index in [1.807, 2.05) is 6.92 Å². The van der Waals surface area contributed by atoms with Crippen LogP contribution < -0.4 is 15.5 Å². The smallest absolute Gasteiger partial charge is 0.434 e. The lowest BCUT2D eigenvalue weighted by atomic mass is 9.99. The molecule has 8 heteroatoms. The number of aryl methyl sites for hydroxylation is 1. The highest BCUT2D eigenvalue weighted by molar-refractivity contribution is 6.01. The van der Waals surface area contributed by atoms with Crippen molar-refractivity contribution in [3.63, 3.8) is 0 Å². The number of hydrogen-bond donors (Lipinski definition) is 3. The monoisotopic (exact) mass is 416 g/mol. The summed E-state index contributed by atoms with van der Waals surface area (Å²) in [6.45, 7) is 7.12. The topological polar surface area (TPSA) is 114 Å². The Labute approximate surface area is 175 Å². The molecule has 0 saturated carbocycles. The Balaban J connectivity index is 2.76. The molecule has 0 aromatic rings. The first-order valence-electron chi connectivity index (χ1n) is 9.99. The molecule has 2 rings (SSSR count).